The van der Waals surface area contributed by atoms with Gasteiger partial charge in [0.15, 0.2) is 5.75 Å². The molecule has 5 nitrogen and oxygen atoms in total. The van der Waals surface area contributed by atoms with E-state index in [0.29, 0.717) is 18.7 Å². The smallest absolute Gasteiger partial charge is 0.166 e. The molecule has 2 N–H and O–H groups in total. The molecule has 0 bridgehead atoms. The molecule has 2 unspecified atom stereocenters. The molecule has 0 aliphatic carbocycles. The second-order valence-electron chi connectivity index (χ2n) is 3.79. The molecule has 1 saturated heterocycles. The summed E-state index contributed by atoms with van der Waals surface area (Å²) < 4.78 is 6.78. The highest BCUT2D eigenvalue weighted by atomic mass is 32.2. The minimum atomic E-state index is -0.507. The van der Waals surface area contributed by atoms with E-state index in [2.05, 4.69) is 0 Å². The summed E-state index contributed by atoms with van der Waals surface area (Å²) in [6.45, 7) is 0.568. The third kappa shape index (κ3) is 3.34. The van der Waals surface area contributed by atoms with E-state index >= 15 is 0 Å². The van der Waals surface area contributed by atoms with E-state index in [1.165, 1.54) is 0 Å². The molecule has 17 heavy (non-hydrogen) atoms. The second kappa shape index (κ2) is 6.23. The van der Waals surface area contributed by atoms with Gasteiger partial charge in [-0.15, -0.1) is 0 Å². The van der Waals surface area contributed by atoms with Crippen molar-refractivity contribution >= 4 is 12.2 Å². The van der Waals surface area contributed by atoms with E-state index < -0.39 is 6.10 Å². The Bertz CT molecular complexity index is 338. The van der Waals surface area contributed by atoms with Crippen LogP contribution in [0.5, 0.6) is 5.75 Å². The summed E-state index contributed by atoms with van der Waals surface area (Å²) >= 11 is 1.01. The van der Waals surface area contributed by atoms with Gasteiger partial charge in [-0.25, -0.2) is 4.31 Å². The first kappa shape index (κ1) is 12.7. The van der Waals surface area contributed by atoms with Gasteiger partial charge in [-0.2, -0.15) is 0 Å². The predicted molar refractivity (Wildman–Crippen MR) is 63.9 cm³/mol. The SMILES string of the molecule is OCC1C(O)CCN1SOOc1ccccc1. The zero-order chi connectivity index (χ0) is 12.1. The molecule has 2 atom stereocenters. The first-order valence-electron chi connectivity index (χ1n) is 5.43. The minimum Gasteiger partial charge on any atom is -0.395 e. The molecular weight excluding hydrogens is 242 g/mol. The fourth-order valence-corrected chi connectivity index (χ4v) is 2.37. The van der Waals surface area contributed by atoms with Gasteiger partial charge in [-0.1, -0.05) is 22.5 Å². The van der Waals surface area contributed by atoms with Crippen molar-refractivity contribution in [1.29, 1.82) is 0 Å². The minimum absolute atomic E-state index is 0.0944. The van der Waals surface area contributed by atoms with Gasteiger partial charge in [0.05, 0.1) is 18.8 Å². The van der Waals surface area contributed by atoms with Gasteiger partial charge in [0.1, 0.15) is 12.2 Å². The lowest BCUT2D eigenvalue weighted by atomic mass is 10.2. The number of hydrogen-bond acceptors (Lipinski definition) is 6. The number of aliphatic hydroxyl groups is 2. The van der Waals surface area contributed by atoms with Gasteiger partial charge < -0.3 is 15.1 Å². The Morgan fingerprint density at radius 2 is 2.12 bits per heavy atom. The van der Waals surface area contributed by atoms with Gasteiger partial charge in [0.25, 0.3) is 0 Å². The summed E-state index contributed by atoms with van der Waals surface area (Å²) in [5.41, 5.74) is 0. The Kier molecular flexibility index (Phi) is 4.64. The van der Waals surface area contributed by atoms with E-state index in [1.807, 2.05) is 18.2 Å². The number of aliphatic hydroxyl groups excluding tert-OH is 2. The quantitative estimate of drug-likeness (QED) is 0.355. The van der Waals surface area contributed by atoms with E-state index in [-0.39, 0.29) is 12.6 Å². The average Bonchev–Trinajstić information content (AvgIpc) is 2.71. The highest BCUT2D eigenvalue weighted by molar-refractivity contribution is 7.92. The van der Waals surface area contributed by atoms with Gasteiger partial charge in [0, 0.05) is 6.54 Å². The van der Waals surface area contributed by atoms with Gasteiger partial charge in [0.2, 0.25) is 0 Å². The maximum atomic E-state index is 9.56. The number of rotatable bonds is 5. The monoisotopic (exact) mass is 257 g/mol. The van der Waals surface area contributed by atoms with Crippen molar-refractivity contribution in [3.8, 4) is 5.75 Å². The summed E-state index contributed by atoms with van der Waals surface area (Å²) in [6.07, 6.45) is 0.125. The van der Waals surface area contributed by atoms with Crippen molar-refractivity contribution in [2.45, 2.75) is 18.6 Å². The van der Waals surface area contributed by atoms with Crippen LogP contribution < -0.4 is 4.89 Å². The topological polar surface area (TPSA) is 62.2 Å². The highest BCUT2D eigenvalue weighted by Crippen LogP contribution is 2.26. The van der Waals surface area contributed by atoms with Gasteiger partial charge in [-0.3, -0.25) is 0 Å². The molecule has 0 amide bonds. The van der Waals surface area contributed by atoms with Crippen molar-refractivity contribution in [3.63, 3.8) is 0 Å². The van der Waals surface area contributed by atoms with E-state index in [0.717, 1.165) is 12.2 Å². The fraction of sp³-hybridized carbons (Fsp3) is 0.455. The Morgan fingerprint density at radius 1 is 1.35 bits per heavy atom. The average molecular weight is 257 g/mol. The van der Waals surface area contributed by atoms with Crippen LogP contribution in [0.15, 0.2) is 30.3 Å². The number of nitrogens with zero attached hydrogens (tertiary/aromatic N) is 1. The number of para-hydroxylation sites is 1. The van der Waals surface area contributed by atoms with Gasteiger partial charge >= 0.3 is 0 Å². The van der Waals surface area contributed by atoms with Crippen LogP contribution in [0.2, 0.25) is 0 Å². The van der Waals surface area contributed by atoms with Crippen molar-refractivity contribution in [1.82, 2.24) is 4.31 Å². The molecule has 1 aromatic rings. The highest BCUT2D eigenvalue weighted by Gasteiger charge is 2.33. The predicted octanol–water partition coefficient (Wildman–Crippen LogP) is 0.988. The molecule has 1 heterocycles. The standard InChI is InChI=1S/C11H15NO4S/c13-8-10-11(14)6-7-12(10)17-16-15-9-4-2-1-3-5-9/h1-5,10-11,13-14H,6-8H2. The van der Waals surface area contributed by atoms with Crippen LogP contribution in [0.3, 0.4) is 0 Å². The van der Waals surface area contributed by atoms with E-state index in [1.54, 1.807) is 16.4 Å². The largest absolute Gasteiger partial charge is 0.395 e. The van der Waals surface area contributed by atoms with Crippen LogP contribution in [0.1, 0.15) is 6.42 Å². The molecule has 0 spiro atoms. The summed E-state index contributed by atoms with van der Waals surface area (Å²) in [7, 11) is 0. The summed E-state index contributed by atoms with van der Waals surface area (Å²) in [6, 6.07) is 8.85. The Morgan fingerprint density at radius 3 is 2.82 bits per heavy atom. The first-order valence-corrected chi connectivity index (χ1v) is 6.13. The lowest BCUT2D eigenvalue weighted by Gasteiger charge is -2.20. The van der Waals surface area contributed by atoms with Crippen molar-refractivity contribution in [2.75, 3.05) is 13.2 Å². The molecular formula is C11H15NO4S. The fourth-order valence-electron chi connectivity index (χ4n) is 1.68. The van der Waals surface area contributed by atoms with E-state index in [4.69, 9.17) is 14.3 Å². The maximum Gasteiger partial charge on any atom is 0.166 e. The molecule has 94 valence electrons. The van der Waals surface area contributed by atoms with E-state index in [9.17, 15) is 5.11 Å². The Hall–Kier alpha value is -0.790. The lowest BCUT2D eigenvalue weighted by Crippen LogP contribution is -2.34. The molecule has 2 rings (SSSR count). The molecule has 0 aromatic heterocycles. The van der Waals surface area contributed by atoms with Crippen molar-refractivity contribution < 1.29 is 19.4 Å². The zero-order valence-corrected chi connectivity index (χ0v) is 10.0. The molecule has 1 aliphatic rings. The Labute approximate surface area is 104 Å². The molecule has 1 fully saturated rings. The Balaban J connectivity index is 1.75. The van der Waals surface area contributed by atoms with Crippen molar-refractivity contribution in [3.05, 3.63) is 30.3 Å². The summed E-state index contributed by atoms with van der Waals surface area (Å²) in [5.74, 6) is 0.611. The van der Waals surface area contributed by atoms with Crippen LogP contribution in [0, 0.1) is 0 Å². The third-order valence-corrected chi connectivity index (χ3v) is 3.42. The normalized spacial score (nSPS) is 25.1. The van der Waals surface area contributed by atoms with Crippen LogP contribution in [0.4, 0.5) is 0 Å². The number of hydrogen-bond donors (Lipinski definition) is 2. The van der Waals surface area contributed by atoms with Crippen LogP contribution in [0.25, 0.3) is 0 Å². The zero-order valence-electron chi connectivity index (χ0n) is 9.23. The molecule has 0 saturated carbocycles. The molecule has 0 radical (unpaired) electrons. The second-order valence-corrected chi connectivity index (χ2v) is 4.54. The molecule has 1 aliphatic heterocycles. The van der Waals surface area contributed by atoms with Crippen LogP contribution in [-0.2, 0) is 4.33 Å². The third-order valence-electron chi connectivity index (χ3n) is 2.65. The lowest BCUT2D eigenvalue weighted by molar-refractivity contribution is -0.0835. The van der Waals surface area contributed by atoms with Crippen LogP contribution >= 0.6 is 12.2 Å². The molecule has 6 heteroatoms. The summed E-state index contributed by atoms with van der Waals surface area (Å²) in [5, 5.41) is 18.7. The summed E-state index contributed by atoms with van der Waals surface area (Å²) in [4.78, 5) is 5.05. The molecule has 1 aromatic carbocycles. The van der Waals surface area contributed by atoms with Crippen LogP contribution in [-0.4, -0.2) is 39.8 Å². The van der Waals surface area contributed by atoms with Crippen molar-refractivity contribution in [2.24, 2.45) is 0 Å². The van der Waals surface area contributed by atoms with Gasteiger partial charge in [-0.05, 0) is 18.6 Å². The first-order chi connectivity index (χ1) is 8.31. The maximum absolute atomic E-state index is 9.56. The number of benzene rings is 1.